The van der Waals surface area contributed by atoms with Gasteiger partial charge < -0.3 is 15.2 Å². The summed E-state index contributed by atoms with van der Waals surface area (Å²) in [6.45, 7) is 0.332. The number of benzene rings is 1. The second kappa shape index (κ2) is 5.95. The topological polar surface area (TPSA) is 61.5 Å². The molecule has 0 amide bonds. The molecule has 2 N–H and O–H groups in total. The molecule has 1 rings (SSSR count). The van der Waals surface area contributed by atoms with Gasteiger partial charge in [0.1, 0.15) is 11.6 Å². The Bertz CT molecular complexity index is 368. The van der Waals surface area contributed by atoms with Crippen LogP contribution in [0.5, 0.6) is 5.75 Å². The van der Waals surface area contributed by atoms with Gasteiger partial charge in [-0.2, -0.15) is 0 Å². The van der Waals surface area contributed by atoms with E-state index in [0.717, 1.165) is 0 Å². The van der Waals surface area contributed by atoms with E-state index in [4.69, 9.17) is 10.5 Å². The minimum absolute atomic E-state index is 0.0851. The van der Waals surface area contributed by atoms with Crippen LogP contribution in [0.1, 0.15) is 12.8 Å². The Morgan fingerprint density at radius 1 is 1.50 bits per heavy atom. The second-order valence-corrected chi connectivity index (χ2v) is 3.21. The zero-order chi connectivity index (χ0) is 12.0. The molecule has 0 radical (unpaired) electrons. The summed E-state index contributed by atoms with van der Waals surface area (Å²) >= 11 is 0. The fourth-order valence-electron chi connectivity index (χ4n) is 1.11. The number of methoxy groups -OCH3 is 1. The average Bonchev–Trinajstić information content (AvgIpc) is 2.28. The normalized spacial score (nSPS) is 9.88. The summed E-state index contributed by atoms with van der Waals surface area (Å²) in [5.74, 6) is -0.394. The van der Waals surface area contributed by atoms with E-state index < -0.39 is 5.82 Å². The van der Waals surface area contributed by atoms with Crippen molar-refractivity contribution in [3.8, 4) is 5.75 Å². The second-order valence-electron chi connectivity index (χ2n) is 3.21. The van der Waals surface area contributed by atoms with Crippen molar-refractivity contribution in [1.29, 1.82) is 0 Å². The molecule has 0 aromatic heterocycles. The molecule has 0 aliphatic rings. The van der Waals surface area contributed by atoms with E-state index in [-0.39, 0.29) is 18.1 Å². The van der Waals surface area contributed by atoms with Gasteiger partial charge in [0.2, 0.25) is 0 Å². The lowest BCUT2D eigenvalue weighted by atomic mass is 10.3. The molecule has 0 fully saturated rings. The van der Waals surface area contributed by atoms with Gasteiger partial charge >= 0.3 is 5.97 Å². The first kappa shape index (κ1) is 12.3. The Morgan fingerprint density at radius 2 is 2.25 bits per heavy atom. The van der Waals surface area contributed by atoms with Gasteiger partial charge in [0, 0.05) is 12.5 Å². The average molecular weight is 227 g/mol. The zero-order valence-electron chi connectivity index (χ0n) is 9.03. The van der Waals surface area contributed by atoms with Gasteiger partial charge in [0.05, 0.1) is 19.4 Å². The maximum atomic E-state index is 13.0. The third kappa shape index (κ3) is 3.76. The molecule has 5 heteroatoms. The van der Waals surface area contributed by atoms with E-state index in [9.17, 15) is 9.18 Å². The number of carbonyl (C=O) groups excluding carboxylic acids is 1. The molecular formula is C11H14FNO3. The van der Waals surface area contributed by atoms with Crippen molar-refractivity contribution in [1.82, 2.24) is 0 Å². The number of anilines is 1. The number of carbonyl (C=O) groups is 1. The Labute approximate surface area is 93.2 Å². The van der Waals surface area contributed by atoms with Crippen LogP contribution in [0.4, 0.5) is 10.1 Å². The molecule has 1 aromatic rings. The fourth-order valence-corrected chi connectivity index (χ4v) is 1.11. The van der Waals surface area contributed by atoms with Crippen LogP contribution >= 0.6 is 0 Å². The number of nitrogen functional groups attached to an aromatic ring is 1. The van der Waals surface area contributed by atoms with Crippen molar-refractivity contribution in [3.63, 3.8) is 0 Å². The summed E-state index contributed by atoms with van der Waals surface area (Å²) in [7, 11) is 1.33. The van der Waals surface area contributed by atoms with Gasteiger partial charge in [-0.3, -0.25) is 4.79 Å². The van der Waals surface area contributed by atoms with Crippen LogP contribution in [0.25, 0.3) is 0 Å². The third-order valence-electron chi connectivity index (χ3n) is 1.99. The third-order valence-corrected chi connectivity index (χ3v) is 1.99. The summed E-state index contributed by atoms with van der Waals surface area (Å²) in [6, 6.07) is 4.23. The molecule has 0 atom stereocenters. The van der Waals surface area contributed by atoms with Crippen molar-refractivity contribution in [2.24, 2.45) is 0 Å². The number of hydrogen-bond donors (Lipinski definition) is 1. The maximum Gasteiger partial charge on any atom is 0.305 e. The van der Waals surface area contributed by atoms with E-state index in [1.165, 1.54) is 19.2 Å². The van der Waals surface area contributed by atoms with Gasteiger partial charge in [-0.15, -0.1) is 0 Å². The Hall–Kier alpha value is -1.78. The first-order chi connectivity index (χ1) is 7.63. The highest BCUT2D eigenvalue weighted by Crippen LogP contribution is 2.18. The zero-order valence-corrected chi connectivity index (χ0v) is 9.03. The summed E-state index contributed by atoms with van der Waals surface area (Å²) < 4.78 is 22.7. The van der Waals surface area contributed by atoms with Gasteiger partial charge in [-0.1, -0.05) is 0 Å². The maximum absolute atomic E-state index is 13.0. The summed E-state index contributed by atoms with van der Waals surface area (Å²) in [6.07, 6.45) is 0.812. The van der Waals surface area contributed by atoms with E-state index in [1.54, 1.807) is 6.07 Å². The van der Waals surface area contributed by atoms with Crippen molar-refractivity contribution >= 4 is 11.7 Å². The van der Waals surface area contributed by atoms with E-state index in [1.807, 2.05) is 0 Å². The predicted molar refractivity (Wildman–Crippen MR) is 57.6 cm³/mol. The Morgan fingerprint density at radius 3 is 2.88 bits per heavy atom. The molecule has 0 saturated carbocycles. The first-order valence-electron chi connectivity index (χ1n) is 4.88. The molecule has 0 unspecified atom stereocenters. The number of ether oxygens (including phenoxy) is 2. The van der Waals surface area contributed by atoms with Crippen molar-refractivity contribution < 1.29 is 18.7 Å². The molecule has 0 heterocycles. The molecule has 1 aromatic carbocycles. The smallest absolute Gasteiger partial charge is 0.305 e. The quantitative estimate of drug-likeness (QED) is 0.473. The highest BCUT2D eigenvalue weighted by Gasteiger charge is 2.02. The van der Waals surface area contributed by atoms with Crippen molar-refractivity contribution in [2.45, 2.75) is 12.8 Å². The van der Waals surface area contributed by atoms with Crippen molar-refractivity contribution in [2.75, 3.05) is 19.5 Å². The standard InChI is InChI=1S/C11H14FNO3/c1-15-11(14)3-2-6-16-8-4-5-10(13)9(12)7-8/h4-5,7H,2-3,6,13H2,1H3. The minimum Gasteiger partial charge on any atom is -0.493 e. The van der Waals surface area contributed by atoms with Crippen molar-refractivity contribution in [3.05, 3.63) is 24.0 Å². The molecule has 0 aliphatic carbocycles. The van der Waals surface area contributed by atoms with Crippen LogP contribution in [0.15, 0.2) is 18.2 Å². The number of nitrogens with two attached hydrogens (primary N) is 1. The number of esters is 1. The van der Waals surface area contributed by atoms with Crippen LogP contribution in [-0.2, 0) is 9.53 Å². The predicted octanol–water partition coefficient (Wildman–Crippen LogP) is 1.74. The monoisotopic (exact) mass is 227 g/mol. The number of hydrogen-bond acceptors (Lipinski definition) is 4. The molecule has 88 valence electrons. The van der Waals surface area contributed by atoms with Crippen LogP contribution in [-0.4, -0.2) is 19.7 Å². The Kier molecular flexibility index (Phi) is 4.57. The number of rotatable bonds is 5. The highest BCUT2D eigenvalue weighted by molar-refractivity contribution is 5.69. The molecule has 0 bridgehead atoms. The van der Waals surface area contributed by atoms with E-state index in [2.05, 4.69) is 4.74 Å². The largest absolute Gasteiger partial charge is 0.493 e. The lowest BCUT2D eigenvalue weighted by Gasteiger charge is -2.06. The molecule has 0 saturated heterocycles. The molecule has 16 heavy (non-hydrogen) atoms. The van der Waals surface area contributed by atoms with Crippen LogP contribution in [0.3, 0.4) is 0 Å². The summed E-state index contributed by atoms with van der Waals surface area (Å²) in [4.78, 5) is 10.8. The Balaban J connectivity index is 2.32. The van der Waals surface area contributed by atoms with Crippen LogP contribution < -0.4 is 10.5 Å². The molecular weight excluding hydrogens is 213 g/mol. The SMILES string of the molecule is COC(=O)CCCOc1ccc(N)c(F)c1. The first-order valence-corrected chi connectivity index (χ1v) is 4.88. The van der Waals surface area contributed by atoms with Gasteiger partial charge in [0.15, 0.2) is 0 Å². The minimum atomic E-state index is -0.509. The van der Waals surface area contributed by atoms with E-state index >= 15 is 0 Å². The summed E-state index contributed by atoms with van der Waals surface area (Å²) in [5, 5.41) is 0. The molecule has 0 spiro atoms. The lowest BCUT2D eigenvalue weighted by molar-refractivity contribution is -0.140. The van der Waals surface area contributed by atoms with Crippen LogP contribution in [0, 0.1) is 5.82 Å². The lowest BCUT2D eigenvalue weighted by Crippen LogP contribution is -2.04. The number of halogens is 1. The van der Waals surface area contributed by atoms with Crippen LogP contribution in [0.2, 0.25) is 0 Å². The molecule has 4 nitrogen and oxygen atoms in total. The van der Waals surface area contributed by atoms with E-state index in [0.29, 0.717) is 18.8 Å². The van der Waals surface area contributed by atoms with Gasteiger partial charge in [-0.05, 0) is 18.6 Å². The fraction of sp³-hybridized carbons (Fsp3) is 0.364. The highest BCUT2D eigenvalue weighted by atomic mass is 19.1. The summed E-state index contributed by atoms with van der Waals surface area (Å²) in [5.41, 5.74) is 5.39. The van der Waals surface area contributed by atoms with Gasteiger partial charge in [0.25, 0.3) is 0 Å². The van der Waals surface area contributed by atoms with Gasteiger partial charge in [-0.25, -0.2) is 4.39 Å². The molecule has 0 aliphatic heterocycles.